The zero-order valence-corrected chi connectivity index (χ0v) is 13.6. The fraction of sp³-hybridized carbons (Fsp3) is 0.294. The first-order chi connectivity index (χ1) is 11.3. The van der Waals surface area contributed by atoms with Crippen molar-refractivity contribution < 1.29 is 14.3 Å². The summed E-state index contributed by atoms with van der Waals surface area (Å²) in [6, 6.07) is 11.4. The molecule has 0 bridgehead atoms. The molecule has 120 valence electrons. The Bertz CT molecular complexity index is 693. The number of hydrogen-bond donors (Lipinski definition) is 1. The normalized spacial score (nSPS) is 16.1. The Morgan fingerprint density at radius 1 is 1.43 bits per heavy atom. The lowest BCUT2D eigenvalue weighted by Gasteiger charge is -2.24. The number of nitrogens with zero attached hydrogens (tertiary/aromatic N) is 1. The van der Waals surface area contributed by atoms with Crippen LogP contribution in [0.25, 0.3) is 0 Å². The summed E-state index contributed by atoms with van der Waals surface area (Å²) in [6.45, 7) is 2.90. The van der Waals surface area contributed by atoms with E-state index in [1.54, 1.807) is 18.0 Å². The highest BCUT2D eigenvalue weighted by molar-refractivity contribution is 7.99. The molecule has 1 aromatic heterocycles. The minimum Gasteiger partial charge on any atom is -0.479 e. The van der Waals surface area contributed by atoms with Gasteiger partial charge in [-0.05, 0) is 30.7 Å². The maximum absolute atomic E-state index is 12.3. The molecule has 0 saturated carbocycles. The van der Waals surface area contributed by atoms with Crippen LogP contribution in [-0.4, -0.2) is 29.4 Å². The van der Waals surface area contributed by atoms with Crippen LogP contribution < -0.4 is 14.8 Å². The first-order valence-electron chi connectivity index (χ1n) is 7.50. The van der Waals surface area contributed by atoms with Gasteiger partial charge in [0.2, 0.25) is 5.88 Å². The predicted octanol–water partition coefficient (Wildman–Crippen LogP) is 2.65. The molecule has 2 aromatic rings. The molecule has 0 saturated heterocycles. The van der Waals surface area contributed by atoms with Crippen LogP contribution in [0.1, 0.15) is 12.5 Å². The lowest BCUT2D eigenvalue weighted by Crippen LogP contribution is -2.41. The predicted molar refractivity (Wildman–Crippen MR) is 88.8 cm³/mol. The molecule has 0 spiro atoms. The molecule has 0 fully saturated rings. The van der Waals surface area contributed by atoms with Gasteiger partial charge in [-0.15, -0.1) is 11.8 Å². The number of para-hydroxylation sites is 1. The maximum Gasteiger partial charge on any atom is 0.262 e. The first-order valence-corrected chi connectivity index (χ1v) is 8.48. The minimum absolute atomic E-state index is 0.109. The third-order valence-electron chi connectivity index (χ3n) is 3.36. The van der Waals surface area contributed by atoms with Crippen LogP contribution in [-0.2, 0) is 11.3 Å². The second-order valence-corrected chi connectivity index (χ2v) is 6.08. The van der Waals surface area contributed by atoms with Crippen LogP contribution in [0.2, 0.25) is 0 Å². The Kier molecular flexibility index (Phi) is 5.02. The molecule has 0 radical (unpaired) electrons. The number of ether oxygens (including phenoxy) is 2. The minimum atomic E-state index is -0.469. The highest BCUT2D eigenvalue weighted by Crippen LogP contribution is 2.34. The van der Waals surface area contributed by atoms with Crippen LogP contribution in [0.4, 0.5) is 0 Å². The monoisotopic (exact) mass is 330 g/mol. The van der Waals surface area contributed by atoms with Gasteiger partial charge < -0.3 is 14.8 Å². The number of thioether (sulfide) groups is 1. The van der Waals surface area contributed by atoms with Crippen LogP contribution in [0.15, 0.2) is 47.5 Å². The largest absolute Gasteiger partial charge is 0.479 e. The second-order valence-electron chi connectivity index (χ2n) is 5.02. The van der Waals surface area contributed by atoms with E-state index in [-0.39, 0.29) is 5.91 Å². The molecular formula is C17H18N2O3S. The number of benzene rings is 1. The van der Waals surface area contributed by atoms with Gasteiger partial charge in [0.05, 0.1) is 6.61 Å². The van der Waals surface area contributed by atoms with Crippen LogP contribution in [0.3, 0.4) is 0 Å². The van der Waals surface area contributed by atoms with Crippen molar-refractivity contribution in [1.29, 1.82) is 0 Å². The highest BCUT2D eigenvalue weighted by atomic mass is 32.2. The van der Waals surface area contributed by atoms with Crippen molar-refractivity contribution in [1.82, 2.24) is 10.3 Å². The molecule has 2 heterocycles. The average molecular weight is 330 g/mol. The summed E-state index contributed by atoms with van der Waals surface area (Å²) in [5, 5.41) is 2.91. The summed E-state index contributed by atoms with van der Waals surface area (Å²) in [4.78, 5) is 17.5. The average Bonchev–Trinajstić information content (AvgIpc) is 2.60. The number of rotatable bonds is 5. The van der Waals surface area contributed by atoms with E-state index in [2.05, 4.69) is 10.3 Å². The fourth-order valence-corrected chi connectivity index (χ4v) is 3.22. The molecule has 1 unspecified atom stereocenters. The smallest absolute Gasteiger partial charge is 0.262 e. The van der Waals surface area contributed by atoms with Crippen LogP contribution >= 0.6 is 11.8 Å². The lowest BCUT2D eigenvalue weighted by molar-refractivity contribution is -0.127. The summed E-state index contributed by atoms with van der Waals surface area (Å²) in [5.74, 6) is 1.84. The van der Waals surface area contributed by atoms with E-state index in [1.807, 2.05) is 43.3 Å². The summed E-state index contributed by atoms with van der Waals surface area (Å²) < 4.78 is 11.1. The van der Waals surface area contributed by atoms with Crippen LogP contribution in [0.5, 0.6) is 11.6 Å². The molecule has 1 aliphatic heterocycles. The van der Waals surface area contributed by atoms with Gasteiger partial charge in [-0.1, -0.05) is 12.1 Å². The Labute approximate surface area is 139 Å². The highest BCUT2D eigenvalue weighted by Gasteiger charge is 2.26. The van der Waals surface area contributed by atoms with Crippen molar-refractivity contribution in [3.63, 3.8) is 0 Å². The summed E-state index contributed by atoms with van der Waals surface area (Å²) >= 11 is 1.64. The number of carbonyl (C=O) groups is 1. The van der Waals surface area contributed by atoms with E-state index in [0.29, 0.717) is 24.8 Å². The van der Waals surface area contributed by atoms with Gasteiger partial charge in [-0.3, -0.25) is 4.79 Å². The van der Waals surface area contributed by atoms with Crippen molar-refractivity contribution in [3.05, 3.63) is 48.2 Å². The molecule has 6 heteroatoms. The molecule has 1 atom stereocenters. The second kappa shape index (κ2) is 7.37. The van der Waals surface area contributed by atoms with Gasteiger partial charge in [0, 0.05) is 29.5 Å². The molecule has 0 aliphatic carbocycles. The number of nitrogens with one attached hydrogen (secondary N) is 1. The Hall–Kier alpha value is -2.21. The van der Waals surface area contributed by atoms with Crippen LogP contribution in [0, 0.1) is 0 Å². The molecule has 23 heavy (non-hydrogen) atoms. The third-order valence-corrected chi connectivity index (χ3v) is 4.48. The van der Waals surface area contributed by atoms with Gasteiger partial charge in [0.15, 0.2) is 6.10 Å². The van der Waals surface area contributed by atoms with E-state index in [1.165, 1.54) is 0 Å². The molecule has 1 amide bonds. The van der Waals surface area contributed by atoms with E-state index in [0.717, 1.165) is 16.2 Å². The van der Waals surface area contributed by atoms with Gasteiger partial charge in [0.1, 0.15) is 5.75 Å². The topological polar surface area (TPSA) is 60.5 Å². The van der Waals surface area contributed by atoms with E-state index >= 15 is 0 Å². The Morgan fingerprint density at radius 3 is 3.17 bits per heavy atom. The Balaban J connectivity index is 1.57. The summed E-state index contributed by atoms with van der Waals surface area (Å²) in [7, 11) is 0. The third kappa shape index (κ3) is 3.96. The molecule has 1 N–H and O–H groups in total. The lowest BCUT2D eigenvalue weighted by atomic mass is 10.2. The number of fused-ring (bicyclic) bond motifs is 1. The SMILES string of the molecule is CCOc1cc(CNC(=O)C2CSc3ccccc3O2)ccn1. The van der Waals surface area contributed by atoms with E-state index < -0.39 is 6.10 Å². The molecule has 5 nitrogen and oxygen atoms in total. The van der Waals surface area contributed by atoms with Crippen molar-refractivity contribution in [2.45, 2.75) is 24.5 Å². The number of aromatic nitrogens is 1. The van der Waals surface area contributed by atoms with Gasteiger partial charge in [0.25, 0.3) is 5.91 Å². The summed E-state index contributed by atoms with van der Waals surface area (Å²) in [5.41, 5.74) is 0.945. The quantitative estimate of drug-likeness (QED) is 0.913. The molecular weight excluding hydrogens is 312 g/mol. The van der Waals surface area contributed by atoms with E-state index in [9.17, 15) is 4.79 Å². The number of pyridine rings is 1. The van der Waals surface area contributed by atoms with Crippen molar-refractivity contribution in [3.8, 4) is 11.6 Å². The molecule has 1 aromatic carbocycles. The standard InChI is InChI=1S/C17H18N2O3S/c1-2-21-16-9-12(7-8-18-16)10-19-17(20)14-11-23-15-6-4-3-5-13(15)22-14/h3-9,14H,2,10-11H2,1H3,(H,19,20). The van der Waals surface area contributed by atoms with Crippen molar-refractivity contribution in [2.75, 3.05) is 12.4 Å². The first kappa shape index (κ1) is 15.7. The number of carbonyl (C=O) groups excluding carboxylic acids is 1. The maximum atomic E-state index is 12.3. The molecule has 1 aliphatic rings. The number of amides is 1. The Morgan fingerprint density at radius 2 is 2.30 bits per heavy atom. The van der Waals surface area contributed by atoms with Gasteiger partial charge in [-0.25, -0.2) is 4.98 Å². The van der Waals surface area contributed by atoms with Crippen molar-refractivity contribution in [2.24, 2.45) is 0 Å². The van der Waals surface area contributed by atoms with Gasteiger partial charge in [-0.2, -0.15) is 0 Å². The van der Waals surface area contributed by atoms with E-state index in [4.69, 9.17) is 9.47 Å². The fourth-order valence-electron chi connectivity index (χ4n) is 2.24. The zero-order valence-electron chi connectivity index (χ0n) is 12.8. The summed E-state index contributed by atoms with van der Waals surface area (Å²) in [6.07, 6.45) is 1.21. The molecule has 3 rings (SSSR count). The van der Waals surface area contributed by atoms with Gasteiger partial charge >= 0.3 is 0 Å². The number of hydrogen-bond acceptors (Lipinski definition) is 5. The van der Waals surface area contributed by atoms with Crippen molar-refractivity contribution >= 4 is 17.7 Å². The zero-order chi connectivity index (χ0) is 16.1.